The lowest BCUT2D eigenvalue weighted by molar-refractivity contribution is -0.125. The van der Waals surface area contributed by atoms with Crippen LogP contribution in [-0.4, -0.2) is 34.4 Å². The molecule has 0 bridgehead atoms. The summed E-state index contributed by atoms with van der Waals surface area (Å²) in [7, 11) is 0. The molecule has 2 aromatic rings. The Hall–Kier alpha value is -2.09. The largest absolute Gasteiger partial charge is 0.346 e. The van der Waals surface area contributed by atoms with Crippen LogP contribution in [0.5, 0.6) is 0 Å². The Morgan fingerprint density at radius 1 is 1.20 bits per heavy atom. The lowest BCUT2D eigenvalue weighted by Crippen LogP contribution is -2.46. The molecule has 1 heterocycles. The molecule has 9 heteroatoms. The van der Waals surface area contributed by atoms with E-state index in [0.717, 1.165) is 11.4 Å². The third-order valence-electron chi connectivity index (χ3n) is 3.38. The fraction of sp³-hybridized carbons (Fsp3) is 0.312. The number of nitrogens with one attached hydrogen (secondary N) is 3. The number of aromatic nitrogens is 2. The lowest BCUT2D eigenvalue weighted by Gasteiger charge is -2.15. The Balaban J connectivity index is 0.00000288. The van der Waals surface area contributed by atoms with Gasteiger partial charge in [-0.15, -0.1) is 24.8 Å². The number of rotatable bonds is 6. The zero-order valence-corrected chi connectivity index (χ0v) is 15.6. The van der Waals surface area contributed by atoms with E-state index in [0.29, 0.717) is 5.69 Å². The molecule has 2 amide bonds. The molecule has 0 aliphatic carbocycles. The summed E-state index contributed by atoms with van der Waals surface area (Å²) in [4.78, 5) is 30.7. The van der Waals surface area contributed by atoms with Crippen molar-refractivity contribution in [1.29, 1.82) is 0 Å². The number of anilines is 1. The summed E-state index contributed by atoms with van der Waals surface area (Å²) in [5, 5.41) is 5.24. The third kappa shape index (κ3) is 6.74. The number of H-pyrrole nitrogens is 1. The molecule has 0 saturated heterocycles. The minimum absolute atomic E-state index is 0. The van der Waals surface area contributed by atoms with E-state index >= 15 is 0 Å². The van der Waals surface area contributed by atoms with Crippen molar-refractivity contribution in [2.75, 3.05) is 11.9 Å². The van der Waals surface area contributed by atoms with E-state index < -0.39 is 6.04 Å². The Bertz CT molecular complexity index is 660. The molecular weight excluding hydrogens is 365 g/mol. The Morgan fingerprint density at radius 2 is 1.84 bits per heavy atom. The molecule has 5 N–H and O–H groups in total. The summed E-state index contributed by atoms with van der Waals surface area (Å²) in [6, 6.07) is 6.63. The van der Waals surface area contributed by atoms with Gasteiger partial charge in [-0.2, -0.15) is 0 Å². The predicted molar refractivity (Wildman–Crippen MR) is 103 cm³/mol. The van der Waals surface area contributed by atoms with Gasteiger partial charge in [-0.3, -0.25) is 9.59 Å². The first-order valence-electron chi connectivity index (χ1n) is 7.40. The number of aromatic amines is 1. The van der Waals surface area contributed by atoms with Crippen LogP contribution >= 0.6 is 24.8 Å². The maximum absolute atomic E-state index is 11.8. The van der Waals surface area contributed by atoms with Crippen LogP contribution in [0.15, 0.2) is 36.7 Å². The standard InChI is InChI=1S/C16H21N5O2.2ClH/c1-10(2)14(17)16(23)20-9-13(22)21-12-5-3-11(4-6-12)15-18-7-8-19-15;;/h3-8,10,14H,9,17H2,1-2H3,(H,18,19)(H,20,23)(H,21,22);2*1H/t14-;;/m0../s1. The van der Waals surface area contributed by atoms with Crippen molar-refractivity contribution in [3.63, 3.8) is 0 Å². The second-order valence-corrected chi connectivity index (χ2v) is 5.55. The maximum atomic E-state index is 11.8. The highest BCUT2D eigenvalue weighted by atomic mass is 35.5. The molecule has 1 aromatic heterocycles. The highest BCUT2D eigenvalue weighted by Crippen LogP contribution is 2.17. The number of carbonyl (C=O) groups is 2. The van der Waals surface area contributed by atoms with Gasteiger partial charge in [0.25, 0.3) is 0 Å². The molecule has 25 heavy (non-hydrogen) atoms. The van der Waals surface area contributed by atoms with Gasteiger partial charge in [-0.25, -0.2) is 4.98 Å². The average molecular weight is 388 g/mol. The summed E-state index contributed by atoms with van der Waals surface area (Å²) in [5.41, 5.74) is 7.28. The zero-order valence-electron chi connectivity index (χ0n) is 14.0. The topological polar surface area (TPSA) is 113 Å². The molecule has 0 fully saturated rings. The molecular formula is C16H23Cl2N5O2. The Kier molecular flexibility index (Phi) is 9.81. The van der Waals surface area contributed by atoms with Gasteiger partial charge >= 0.3 is 0 Å². The van der Waals surface area contributed by atoms with Gasteiger partial charge in [0, 0.05) is 23.6 Å². The number of imidazole rings is 1. The number of nitrogens with two attached hydrogens (primary N) is 1. The minimum atomic E-state index is -0.615. The van der Waals surface area contributed by atoms with E-state index in [4.69, 9.17) is 5.73 Å². The van der Waals surface area contributed by atoms with E-state index in [2.05, 4.69) is 20.6 Å². The minimum Gasteiger partial charge on any atom is -0.346 e. The van der Waals surface area contributed by atoms with Gasteiger partial charge in [-0.05, 0) is 30.2 Å². The second-order valence-electron chi connectivity index (χ2n) is 5.55. The average Bonchev–Trinajstić information content (AvgIpc) is 3.07. The Morgan fingerprint density at radius 3 is 2.36 bits per heavy atom. The second kappa shape index (κ2) is 10.7. The van der Waals surface area contributed by atoms with Gasteiger partial charge < -0.3 is 21.4 Å². The van der Waals surface area contributed by atoms with Crippen molar-refractivity contribution < 1.29 is 9.59 Å². The van der Waals surface area contributed by atoms with E-state index in [1.807, 2.05) is 26.0 Å². The molecule has 7 nitrogen and oxygen atoms in total. The van der Waals surface area contributed by atoms with E-state index in [1.165, 1.54) is 0 Å². The quantitative estimate of drug-likeness (QED) is 0.606. The molecule has 138 valence electrons. The van der Waals surface area contributed by atoms with Crippen molar-refractivity contribution in [2.45, 2.75) is 19.9 Å². The molecule has 0 spiro atoms. The summed E-state index contributed by atoms with van der Waals surface area (Å²) in [5.74, 6) is 0.147. The van der Waals surface area contributed by atoms with E-state index in [1.54, 1.807) is 24.5 Å². The van der Waals surface area contributed by atoms with Crippen molar-refractivity contribution in [3.8, 4) is 11.4 Å². The van der Waals surface area contributed by atoms with Crippen molar-refractivity contribution in [3.05, 3.63) is 36.7 Å². The van der Waals surface area contributed by atoms with Gasteiger partial charge in [-0.1, -0.05) is 13.8 Å². The van der Waals surface area contributed by atoms with Crippen LogP contribution in [0.1, 0.15) is 13.8 Å². The van der Waals surface area contributed by atoms with Gasteiger partial charge in [0.2, 0.25) is 11.8 Å². The summed E-state index contributed by atoms with van der Waals surface area (Å²) in [6.07, 6.45) is 3.42. The van der Waals surface area contributed by atoms with Crippen LogP contribution in [-0.2, 0) is 9.59 Å². The van der Waals surface area contributed by atoms with Crippen LogP contribution in [0, 0.1) is 5.92 Å². The number of nitrogens with zero attached hydrogens (tertiary/aromatic N) is 1. The first kappa shape index (κ1) is 22.9. The SMILES string of the molecule is CC(C)[C@H](N)C(=O)NCC(=O)Nc1ccc(-c2ncc[nH]2)cc1.Cl.Cl. The summed E-state index contributed by atoms with van der Waals surface area (Å²) >= 11 is 0. The monoisotopic (exact) mass is 387 g/mol. The first-order valence-corrected chi connectivity index (χ1v) is 7.40. The molecule has 0 aliphatic rings. The molecule has 0 unspecified atom stereocenters. The van der Waals surface area contributed by atoms with Gasteiger partial charge in [0.1, 0.15) is 5.82 Å². The number of halogens is 2. The molecule has 2 rings (SSSR count). The van der Waals surface area contributed by atoms with Gasteiger partial charge in [0.05, 0.1) is 12.6 Å². The van der Waals surface area contributed by atoms with Crippen molar-refractivity contribution in [1.82, 2.24) is 15.3 Å². The van der Waals surface area contributed by atoms with Crippen LogP contribution in [0.25, 0.3) is 11.4 Å². The Labute approximate surface area is 159 Å². The van der Waals surface area contributed by atoms with E-state index in [-0.39, 0.29) is 49.1 Å². The third-order valence-corrected chi connectivity index (χ3v) is 3.38. The summed E-state index contributed by atoms with van der Waals surface area (Å²) in [6.45, 7) is 3.59. The number of amides is 2. The highest BCUT2D eigenvalue weighted by molar-refractivity contribution is 5.95. The van der Waals surface area contributed by atoms with Crippen molar-refractivity contribution >= 4 is 42.3 Å². The number of hydrogen-bond acceptors (Lipinski definition) is 4. The fourth-order valence-corrected chi connectivity index (χ4v) is 1.93. The number of hydrogen-bond donors (Lipinski definition) is 4. The highest BCUT2D eigenvalue weighted by Gasteiger charge is 2.17. The maximum Gasteiger partial charge on any atom is 0.243 e. The first-order chi connectivity index (χ1) is 11.0. The van der Waals surface area contributed by atoms with Crippen LogP contribution in [0.3, 0.4) is 0 Å². The number of carbonyl (C=O) groups excluding carboxylic acids is 2. The molecule has 1 atom stereocenters. The van der Waals surface area contributed by atoms with Crippen LogP contribution in [0.4, 0.5) is 5.69 Å². The summed E-state index contributed by atoms with van der Waals surface area (Å²) < 4.78 is 0. The predicted octanol–water partition coefficient (Wildman–Crippen LogP) is 1.96. The molecule has 0 saturated carbocycles. The molecule has 1 aromatic carbocycles. The molecule has 0 aliphatic heterocycles. The lowest BCUT2D eigenvalue weighted by atomic mass is 10.1. The van der Waals surface area contributed by atoms with E-state index in [9.17, 15) is 9.59 Å². The van der Waals surface area contributed by atoms with Crippen LogP contribution in [0.2, 0.25) is 0 Å². The smallest absolute Gasteiger partial charge is 0.243 e. The van der Waals surface area contributed by atoms with Gasteiger partial charge in [0.15, 0.2) is 0 Å². The van der Waals surface area contributed by atoms with Crippen molar-refractivity contribution in [2.24, 2.45) is 11.7 Å². The molecule has 0 radical (unpaired) electrons. The fourth-order valence-electron chi connectivity index (χ4n) is 1.93. The normalized spacial score (nSPS) is 11.0. The van der Waals surface area contributed by atoms with Crippen LogP contribution < -0.4 is 16.4 Å². The zero-order chi connectivity index (χ0) is 16.8. The number of benzene rings is 1.